The van der Waals surface area contributed by atoms with Crippen molar-refractivity contribution in [2.24, 2.45) is 5.73 Å². The van der Waals surface area contributed by atoms with Crippen LogP contribution in [0.25, 0.3) is 0 Å². The molecule has 0 atom stereocenters. The van der Waals surface area contributed by atoms with Gasteiger partial charge in [-0.2, -0.15) is 5.10 Å². The van der Waals surface area contributed by atoms with Crippen LogP contribution < -0.4 is 11.1 Å². The fourth-order valence-electron chi connectivity index (χ4n) is 1.84. The molecule has 3 N–H and O–H groups in total. The van der Waals surface area contributed by atoms with Crippen molar-refractivity contribution in [1.29, 1.82) is 0 Å². The summed E-state index contributed by atoms with van der Waals surface area (Å²) in [6.07, 6.45) is 2.79. The van der Waals surface area contributed by atoms with Crippen LogP contribution in [0.4, 0.5) is 5.82 Å². The lowest BCUT2D eigenvalue weighted by molar-refractivity contribution is -0.116. The Morgan fingerprint density at radius 3 is 3.00 bits per heavy atom. The number of benzene rings is 1. The van der Waals surface area contributed by atoms with Gasteiger partial charge in [-0.05, 0) is 30.7 Å². The van der Waals surface area contributed by atoms with E-state index in [2.05, 4.69) is 26.3 Å². The largest absolute Gasteiger partial charge is 0.330 e. The van der Waals surface area contributed by atoms with Gasteiger partial charge in [-0.15, -0.1) is 0 Å². The predicted molar refractivity (Wildman–Crippen MR) is 82.4 cm³/mol. The van der Waals surface area contributed by atoms with Crippen LogP contribution in [0.5, 0.6) is 0 Å². The van der Waals surface area contributed by atoms with Crippen molar-refractivity contribution >= 4 is 27.7 Å². The van der Waals surface area contributed by atoms with Gasteiger partial charge in [-0.3, -0.25) is 4.79 Å². The first-order valence-corrected chi connectivity index (χ1v) is 7.24. The number of halogens is 1. The topological polar surface area (TPSA) is 72.9 Å². The molecular weight excluding hydrogens is 320 g/mol. The number of nitrogens with two attached hydrogens (primary N) is 1. The molecule has 2 aromatic rings. The van der Waals surface area contributed by atoms with Crippen LogP contribution in [-0.4, -0.2) is 22.2 Å². The number of rotatable bonds is 6. The zero-order chi connectivity index (χ0) is 14.4. The maximum atomic E-state index is 11.7. The van der Waals surface area contributed by atoms with Gasteiger partial charge >= 0.3 is 0 Å². The van der Waals surface area contributed by atoms with Crippen LogP contribution in [0.15, 0.2) is 41.0 Å². The van der Waals surface area contributed by atoms with Crippen molar-refractivity contribution in [2.45, 2.75) is 19.4 Å². The second-order valence-electron chi connectivity index (χ2n) is 4.44. The summed E-state index contributed by atoms with van der Waals surface area (Å²) in [7, 11) is 0. The highest BCUT2D eigenvalue weighted by molar-refractivity contribution is 9.10. The van der Waals surface area contributed by atoms with Crippen molar-refractivity contribution in [3.05, 3.63) is 46.6 Å². The van der Waals surface area contributed by atoms with E-state index in [1.165, 1.54) is 0 Å². The first-order chi connectivity index (χ1) is 9.69. The van der Waals surface area contributed by atoms with Gasteiger partial charge in [-0.1, -0.05) is 28.1 Å². The third-order valence-corrected chi connectivity index (χ3v) is 3.31. The number of hydrogen-bond acceptors (Lipinski definition) is 3. The van der Waals surface area contributed by atoms with Crippen molar-refractivity contribution in [2.75, 3.05) is 11.9 Å². The van der Waals surface area contributed by atoms with Gasteiger partial charge < -0.3 is 11.1 Å². The molecule has 0 radical (unpaired) electrons. The fourth-order valence-corrected chi connectivity index (χ4v) is 2.29. The van der Waals surface area contributed by atoms with Gasteiger partial charge in [0.1, 0.15) is 5.82 Å². The number of amides is 1. The highest BCUT2D eigenvalue weighted by atomic mass is 79.9. The minimum atomic E-state index is -0.0357. The van der Waals surface area contributed by atoms with Crippen LogP contribution in [0.2, 0.25) is 0 Å². The summed E-state index contributed by atoms with van der Waals surface area (Å²) in [5, 5.41) is 7.09. The average Bonchev–Trinajstić information content (AvgIpc) is 2.83. The number of carbonyl (C=O) groups excluding carboxylic acids is 1. The molecule has 106 valence electrons. The minimum Gasteiger partial charge on any atom is -0.330 e. The van der Waals surface area contributed by atoms with Crippen LogP contribution in [0.3, 0.4) is 0 Å². The molecule has 0 saturated carbocycles. The molecule has 0 aliphatic rings. The summed E-state index contributed by atoms with van der Waals surface area (Å²) < 4.78 is 2.79. The molecule has 1 aromatic carbocycles. The number of hydrogen-bond donors (Lipinski definition) is 2. The maximum Gasteiger partial charge on any atom is 0.225 e. The third kappa shape index (κ3) is 4.18. The highest BCUT2D eigenvalue weighted by Crippen LogP contribution is 2.15. The standard InChI is InChI=1S/C14H17BrN4O/c15-12-4-1-3-11(9-12)10-19-13(6-8-17-19)18-14(20)5-2-7-16/h1,3-4,6,8-9H,2,5,7,10,16H2,(H,18,20). The first kappa shape index (κ1) is 14.7. The van der Waals surface area contributed by atoms with Gasteiger partial charge in [0, 0.05) is 17.0 Å². The zero-order valence-electron chi connectivity index (χ0n) is 11.1. The molecule has 0 aliphatic carbocycles. The number of nitrogens with one attached hydrogen (secondary N) is 1. The Morgan fingerprint density at radius 1 is 1.40 bits per heavy atom. The fraction of sp³-hybridized carbons (Fsp3) is 0.286. The molecule has 1 aromatic heterocycles. The lowest BCUT2D eigenvalue weighted by atomic mass is 10.2. The van der Waals surface area contributed by atoms with E-state index in [9.17, 15) is 4.79 Å². The molecule has 5 nitrogen and oxygen atoms in total. The molecule has 2 rings (SSSR count). The lowest BCUT2D eigenvalue weighted by Gasteiger charge is -2.09. The van der Waals surface area contributed by atoms with Gasteiger partial charge in [0.2, 0.25) is 5.91 Å². The van der Waals surface area contributed by atoms with Crippen LogP contribution >= 0.6 is 15.9 Å². The second kappa shape index (κ2) is 7.21. The first-order valence-electron chi connectivity index (χ1n) is 6.45. The SMILES string of the molecule is NCCCC(=O)Nc1ccnn1Cc1cccc(Br)c1. The van der Waals surface area contributed by atoms with E-state index < -0.39 is 0 Å². The van der Waals surface area contributed by atoms with E-state index in [4.69, 9.17) is 5.73 Å². The van der Waals surface area contributed by atoms with Crippen LogP contribution in [0, 0.1) is 0 Å². The molecule has 6 heteroatoms. The van der Waals surface area contributed by atoms with Gasteiger partial charge in [0.15, 0.2) is 0 Å². The normalized spacial score (nSPS) is 10.5. The molecule has 1 heterocycles. The van der Waals surface area contributed by atoms with Crippen molar-refractivity contribution in [3.8, 4) is 0 Å². The molecule has 0 saturated heterocycles. The molecule has 20 heavy (non-hydrogen) atoms. The quantitative estimate of drug-likeness (QED) is 0.850. The van der Waals surface area contributed by atoms with E-state index in [-0.39, 0.29) is 5.91 Å². The molecule has 0 spiro atoms. The molecule has 0 bridgehead atoms. The summed E-state index contributed by atoms with van der Waals surface area (Å²) in [6.45, 7) is 1.13. The van der Waals surface area contributed by atoms with E-state index in [0.717, 1.165) is 10.0 Å². The summed E-state index contributed by atoms with van der Waals surface area (Å²) in [5.41, 5.74) is 6.51. The monoisotopic (exact) mass is 336 g/mol. The van der Waals surface area contributed by atoms with Gasteiger partial charge in [-0.25, -0.2) is 4.68 Å². The average molecular weight is 337 g/mol. The van der Waals surface area contributed by atoms with Crippen molar-refractivity contribution in [3.63, 3.8) is 0 Å². The van der Waals surface area contributed by atoms with Crippen molar-refractivity contribution < 1.29 is 4.79 Å². The number of carbonyl (C=O) groups is 1. The Morgan fingerprint density at radius 2 is 2.25 bits per heavy atom. The lowest BCUT2D eigenvalue weighted by Crippen LogP contribution is -2.17. The zero-order valence-corrected chi connectivity index (χ0v) is 12.6. The van der Waals surface area contributed by atoms with Crippen LogP contribution in [0.1, 0.15) is 18.4 Å². The number of aromatic nitrogens is 2. The van der Waals surface area contributed by atoms with E-state index >= 15 is 0 Å². The molecule has 0 unspecified atom stereocenters. The Kier molecular flexibility index (Phi) is 5.31. The Bertz CT molecular complexity index is 582. The minimum absolute atomic E-state index is 0.0357. The Hall–Kier alpha value is -1.66. The van der Waals surface area contributed by atoms with E-state index in [1.54, 1.807) is 16.9 Å². The van der Waals surface area contributed by atoms with Crippen LogP contribution in [-0.2, 0) is 11.3 Å². The van der Waals surface area contributed by atoms with Gasteiger partial charge in [0.05, 0.1) is 12.7 Å². The predicted octanol–water partition coefficient (Wildman–Crippen LogP) is 2.37. The van der Waals surface area contributed by atoms with E-state index in [0.29, 0.717) is 31.7 Å². The molecule has 0 aliphatic heterocycles. The second-order valence-corrected chi connectivity index (χ2v) is 5.36. The summed E-state index contributed by atoms with van der Waals surface area (Å²) >= 11 is 3.44. The molecule has 0 fully saturated rings. The number of nitrogens with zero attached hydrogens (tertiary/aromatic N) is 2. The maximum absolute atomic E-state index is 11.7. The summed E-state index contributed by atoms with van der Waals surface area (Å²) in [6, 6.07) is 9.79. The smallest absolute Gasteiger partial charge is 0.225 e. The molecule has 1 amide bonds. The number of anilines is 1. The Labute approximate surface area is 126 Å². The van der Waals surface area contributed by atoms with E-state index in [1.807, 2.05) is 24.3 Å². The molecular formula is C14H17BrN4O. The van der Waals surface area contributed by atoms with Gasteiger partial charge in [0.25, 0.3) is 0 Å². The summed E-state index contributed by atoms with van der Waals surface area (Å²) in [5.74, 6) is 0.665. The third-order valence-electron chi connectivity index (χ3n) is 2.81. The van der Waals surface area contributed by atoms with Crippen molar-refractivity contribution in [1.82, 2.24) is 9.78 Å². The Balaban J connectivity index is 2.03. The highest BCUT2D eigenvalue weighted by Gasteiger charge is 2.07. The summed E-state index contributed by atoms with van der Waals surface area (Å²) in [4.78, 5) is 11.7.